The standard InChI is InChI=1S/C22H20F2N2O4S/c1-3-14-8-10-15(11-9-14)17-12-31-22(25-17)26-19(27)13(2)29-20(28)16-6-4-5-7-18(16)30-21(23)24/h4-13,21H,3H2,1-2H3,(H,25,26,27)/t13-/m1/s1. The fourth-order valence-electron chi connectivity index (χ4n) is 2.69. The van der Waals surface area contributed by atoms with Crippen molar-refractivity contribution in [2.24, 2.45) is 0 Å². The minimum absolute atomic E-state index is 0.200. The van der Waals surface area contributed by atoms with Crippen LogP contribution in [0.2, 0.25) is 0 Å². The van der Waals surface area contributed by atoms with E-state index in [1.807, 2.05) is 29.6 Å². The Balaban J connectivity index is 1.62. The van der Waals surface area contributed by atoms with Crippen LogP contribution in [-0.4, -0.2) is 29.6 Å². The third-order valence-corrected chi connectivity index (χ3v) is 5.13. The van der Waals surface area contributed by atoms with Crippen molar-refractivity contribution in [1.29, 1.82) is 0 Å². The molecule has 0 radical (unpaired) electrons. The molecule has 0 aliphatic heterocycles. The van der Waals surface area contributed by atoms with Gasteiger partial charge in [0.05, 0.1) is 5.69 Å². The number of benzene rings is 2. The molecule has 0 saturated heterocycles. The van der Waals surface area contributed by atoms with E-state index in [4.69, 9.17) is 4.74 Å². The molecule has 0 bridgehead atoms. The van der Waals surface area contributed by atoms with Gasteiger partial charge >= 0.3 is 12.6 Å². The maximum absolute atomic E-state index is 12.5. The molecule has 6 nitrogen and oxygen atoms in total. The number of hydrogen-bond acceptors (Lipinski definition) is 6. The number of para-hydroxylation sites is 1. The van der Waals surface area contributed by atoms with Crippen molar-refractivity contribution in [3.63, 3.8) is 0 Å². The summed E-state index contributed by atoms with van der Waals surface area (Å²) >= 11 is 1.24. The van der Waals surface area contributed by atoms with Crippen LogP contribution in [0, 0.1) is 0 Å². The Labute approximate surface area is 181 Å². The molecule has 1 heterocycles. The predicted molar refractivity (Wildman–Crippen MR) is 114 cm³/mol. The van der Waals surface area contributed by atoms with Crippen molar-refractivity contribution in [2.45, 2.75) is 33.0 Å². The van der Waals surface area contributed by atoms with Crippen molar-refractivity contribution in [3.8, 4) is 17.0 Å². The van der Waals surface area contributed by atoms with Crippen LogP contribution in [-0.2, 0) is 16.0 Å². The lowest BCUT2D eigenvalue weighted by Crippen LogP contribution is -2.30. The number of nitrogens with zero attached hydrogens (tertiary/aromatic N) is 1. The van der Waals surface area contributed by atoms with Gasteiger partial charge in [0.25, 0.3) is 5.91 Å². The number of hydrogen-bond donors (Lipinski definition) is 1. The molecule has 0 saturated carbocycles. The lowest BCUT2D eigenvalue weighted by atomic mass is 10.1. The summed E-state index contributed by atoms with van der Waals surface area (Å²) in [6.07, 6.45) is -0.239. The number of alkyl halides is 2. The van der Waals surface area contributed by atoms with Crippen LogP contribution in [0.5, 0.6) is 5.75 Å². The number of ether oxygens (including phenoxy) is 2. The number of carbonyl (C=O) groups excluding carboxylic acids is 2. The summed E-state index contributed by atoms with van der Waals surface area (Å²) in [5.41, 5.74) is 2.65. The minimum Gasteiger partial charge on any atom is -0.449 e. The fraction of sp³-hybridized carbons (Fsp3) is 0.227. The van der Waals surface area contributed by atoms with E-state index in [1.54, 1.807) is 0 Å². The summed E-state index contributed by atoms with van der Waals surface area (Å²) in [7, 11) is 0. The van der Waals surface area contributed by atoms with Gasteiger partial charge in [-0.2, -0.15) is 8.78 Å². The SMILES string of the molecule is CCc1ccc(-c2csc(NC(=O)[C@@H](C)OC(=O)c3ccccc3OC(F)F)n2)cc1. The molecule has 1 atom stereocenters. The molecular formula is C22H20F2N2O4S. The molecule has 1 aromatic heterocycles. The summed E-state index contributed by atoms with van der Waals surface area (Å²) in [6.45, 7) is 0.359. The van der Waals surface area contributed by atoms with Crippen LogP contribution >= 0.6 is 11.3 Å². The fourth-order valence-corrected chi connectivity index (χ4v) is 3.42. The topological polar surface area (TPSA) is 77.5 Å². The second kappa shape index (κ2) is 10.1. The number of esters is 1. The average molecular weight is 446 g/mol. The van der Waals surface area contributed by atoms with Gasteiger partial charge in [-0.05, 0) is 31.0 Å². The van der Waals surface area contributed by atoms with E-state index in [0.29, 0.717) is 10.8 Å². The molecule has 0 aliphatic carbocycles. The molecular weight excluding hydrogens is 426 g/mol. The third kappa shape index (κ3) is 5.85. The number of aryl methyl sites for hydroxylation is 1. The number of amides is 1. The van der Waals surface area contributed by atoms with Crippen molar-refractivity contribution in [2.75, 3.05) is 5.32 Å². The molecule has 0 spiro atoms. The smallest absolute Gasteiger partial charge is 0.387 e. The summed E-state index contributed by atoms with van der Waals surface area (Å²) in [5, 5.41) is 4.76. The highest BCUT2D eigenvalue weighted by atomic mass is 32.1. The highest BCUT2D eigenvalue weighted by Gasteiger charge is 2.23. The highest BCUT2D eigenvalue weighted by molar-refractivity contribution is 7.14. The zero-order valence-electron chi connectivity index (χ0n) is 16.8. The van der Waals surface area contributed by atoms with E-state index in [9.17, 15) is 18.4 Å². The molecule has 31 heavy (non-hydrogen) atoms. The predicted octanol–water partition coefficient (Wildman–Crippen LogP) is 5.16. The van der Waals surface area contributed by atoms with Crippen molar-refractivity contribution in [3.05, 3.63) is 65.0 Å². The van der Waals surface area contributed by atoms with E-state index < -0.39 is 24.6 Å². The number of thiazole rings is 1. The number of nitrogens with one attached hydrogen (secondary N) is 1. The Morgan fingerprint density at radius 2 is 1.84 bits per heavy atom. The Bertz CT molecular complexity index is 1050. The van der Waals surface area contributed by atoms with E-state index in [0.717, 1.165) is 12.0 Å². The van der Waals surface area contributed by atoms with E-state index in [1.165, 1.54) is 48.1 Å². The van der Waals surface area contributed by atoms with Gasteiger partial charge in [-0.25, -0.2) is 9.78 Å². The Kier molecular flexibility index (Phi) is 7.30. The monoisotopic (exact) mass is 446 g/mol. The minimum atomic E-state index is -3.09. The van der Waals surface area contributed by atoms with Crippen LogP contribution in [0.15, 0.2) is 53.9 Å². The summed E-state index contributed by atoms with van der Waals surface area (Å²) in [6, 6.07) is 13.4. The lowest BCUT2D eigenvalue weighted by molar-refractivity contribution is -0.123. The Morgan fingerprint density at radius 1 is 1.13 bits per heavy atom. The number of aromatic nitrogens is 1. The Hall–Kier alpha value is -3.33. The summed E-state index contributed by atoms with van der Waals surface area (Å²) in [4.78, 5) is 29.1. The molecule has 3 aromatic rings. The molecule has 0 fully saturated rings. The van der Waals surface area contributed by atoms with Gasteiger partial charge < -0.3 is 9.47 Å². The van der Waals surface area contributed by atoms with Gasteiger partial charge in [0.2, 0.25) is 0 Å². The zero-order valence-corrected chi connectivity index (χ0v) is 17.6. The highest BCUT2D eigenvalue weighted by Crippen LogP contribution is 2.26. The van der Waals surface area contributed by atoms with E-state index in [-0.39, 0.29) is 11.3 Å². The van der Waals surface area contributed by atoms with Gasteiger partial charge in [-0.1, -0.05) is 43.3 Å². The number of halogens is 2. The average Bonchev–Trinajstić information content (AvgIpc) is 3.22. The normalized spacial score (nSPS) is 11.8. The number of anilines is 1. The molecule has 1 N–H and O–H groups in total. The van der Waals surface area contributed by atoms with Crippen LogP contribution in [0.3, 0.4) is 0 Å². The van der Waals surface area contributed by atoms with Crippen molar-refractivity contribution >= 4 is 28.3 Å². The first-order chi connectivity index (χ1) is 14.9. The largest absolute Gasteiger partial charge is 0.449 e. The van der Waals surface area contributed by atoms with Crippen LogP contribution in [0.25, 0.3) is 11.3 Å². The van der Waals surface area contributed by atoms with Gasteiger partial charge in [0.1, 0.15) is 11.3 Å². The number of carbonyl (C=O) groups is 2. The van der Waals surface area contributed by atoms with Crippen molar-refractivity contribution < 1.29 is 27.8 Å². The van der Waals surface area contributed by atoms with Crippen LogP contribution in [0.1, 0.15) is 29.8 Å². The first-order valence-electron chi connectivity index (χ1n) is 9.48. The maximum atomic E-state index is 12.5. The van der Waals surface area contributed by atoms with Gasteiger partial charge in [-0.3, -0.25) is 10.1 Å². The van der Waals surface area contributed by atoms with Gasteiger partial charge in [0.15, 0.2) is 11.2 Å². The van der Waals surface area contributed by atoms with Crippen LogP contribution < -0.4 is 10.1 Å². The third-order valence-electron chi connectivity index (χ3n) is 4.37. The van der Waals surface area contributed by atoms with E-state index in [2.05, 4.69) is 22.0 Å². The maximum Gasteiger partial charge on any atom is 0.387 e. The number of rotatable bonds is 8. The molecule has 1 amide bonds. The van der Waals surface area contributed by atoms with Crippen molar-refractivity contribution in [1.82, 2.24) is 4.98 Å². The van der Waals surface area contributed by atoms with Crippen LogP contribution in [0.4, 0.5) is 13.9 Å². The Morgan fingerprint density at radius 3 is 2.52 bits per heavy atom. The van der Waals surface area contributed by atoms with Gasteiger partial charge in [0, 0.05) is 10.9 Å². The first kappa shape index (κ1) is 22.4. The second-order valence-electron chi connectivity index (χ2n) is 6.50. The molecule has 162 valence electrons. The molecule has 2 aromatic carbocycles. The summed E-state index contributed by atoms with van der Waals surface area (Å²) in [5.74, 6) is -1.87. The first-order valence-corrected chi connectivity index (χ1v) is 10.4. The molecule has 0 unspecified atom stereocenters. The zero-order chi connectivity index (χ0) is 22.4. The summed E-state index contributed by atoms with van der Waals surface area (Å²) < 4.78 is 34.5. The van der Waals surface area contributed by atoms with Gasteiger partial charge in [-0.15, -0.1) is 11.3 Å². The second-order valence-corrected chi connectivity index (χ2v) is 7.36. The molecule has 3 rings (SSSR count). The lowest BCUT2D eigenvalue weighted by Gasteiger charge is -2.14. The quantitative estimate of drug-likeness (QED) is 0.484. The van der Waals surface area contributed by atoms with E-state index >= 15 is 0 Å². The molecule has 0 aliphatic rings. The molecule has 9 heteroatoms.